The van der Waals surface area contributed by atoms with Crippen molar-refractivity contribution in [3.8, 4) is 5.75 Å². The highest BCUT2D eigenvalue weighted by Gasteiger charge is 2.20. The molecule has 0 atom stereocenters. The second kappa shape index (κ2) is 5.91. The van der Waals surface area contributed by atoms with Crippen LogP contribution in [0.25, 0.3) is 0 Å². The third-order valence-corrected chi connectivity index (χ3v) is 3.77. The van der Waals surface area contributed by atoms with Gasteiger partial charge in [-0.15, -0.1) is 0 Å². The Bertz CT molecular complexity index is 454. The lowest BCUT2D eigenvalue weighted by atomic mass is 9.87. The predicted octanol–water partition coefficient (Wildman–Crippen LogP) is 3.59. The summed E-state index contributed by atoms with van der Waals surface area (Å²) in [7, 11) is 1.58. The van der Waals surface area contributed by atoms with Crippen molar-refractivity contribution < 1.29 is 9.66 Å². The Kier molecular flexibility index (Phi) is 4.24. The third kappa shape index (κ3) is 3.36. The zero-order valence-electron chi connectivity index (χ0n) is 11.4. The van der Waals surface area contributed by atoms with Crippen LogP contribution >= 0.6 is 0 Å². The van der Waals surface area contributed by atoms with Crippen LogP contribution in [0, 0.1) is 16.0 Å². The van der Waals surface area contributed by atoms with E-state index in [9.17, 15) is 10.1 Å². The van der Waals surface area contributed by atoms with Gasteiger partial charge in [-0.05, 0) is 37.7 Å². The SMILES string of the molecule is COc1ccc([N+](=O)[O-])cc1NC1CCC(C)CC1. The van der Waals surface area contributed by atoms with Gasteiger partial charge >= 0.3 is 0 Å². The number of non-ortho nitro benzene ring substituents is 1. The second-order valence-corrected chi connectivity index (χ2v) is 5.24. The van der Waals surface area contributed by atoms with Gasteiger partial charge in [0.1, 0.15) is 5.75 Å². The predicted molar refractivity (Wildman–Crippen MR) is 74.7 cm³/mol. The van der Waals surface area contributed by atoms with E-state index < -0.39 is 0 Å². The first kappa shape index (κ1) is 13.6. The van der Waals surface area contributed by atoms with Gasteiger partial charge in [0, 0.05) is 18.2 Å². The van der Waals surface area contributed by atoms with Crippen molar-refractivity contribution in [2.75, 3.05) is 12.4 Å². The molecule has 0 bridgehead atoms. The lowest BCUT2D eigenvalue weighted by Gasteiger charge is -2.28. The van der Waals surface area contributed by atoms with Gasteiger partial charge in [0.2, 0.25) is 0 Å². The number of nitro benzene ring substituents is 1. The molecule has 1 aliphatic rings. The smallest absolute Gasteiger partial charge is 0.271 e. The van der Waals surface area contributed by atoms with Crippen LogP contribution in [0.5, 0.6) is 5.75 Å². The van der Waals surface area contributed by atoms with Crippen LogP contribution in [-0.2, 0) is 0 Å². The van der Waals surface area contributed by atoms with E-state index in [0.717, 1.165) is 24.4 Å². The molecule has 0 spiro atoms. The number of nitrogens with one attached hydrogen (secondary N) is 1. The first-order valence-electron chi connectivity index (χ1n) is 6.69. The number of rotatable bonds is 4. The molecule has 5 heteroatoms. The topological polar surface area (TPSA) is 64.4 Å². The molecule has 0 radical (unpaired) electrons. The average molecular weight is 264 g/mol. The van der Waals surface area contributed by atoms with Crippen molar-refractivity contribution in [1.82, 2.24) is 0 Å². The number of ether oxygens (including phenoxy) is 1. The molecule has 1 aliphatic carbocycles. The maximum atomic E-state index is 10.8. The molecule has 1 N–H and O–H groups in total. The van der Waals surface area contributed by atoms with Gasteiger partial charge in [0.15, 0.2) is 0 Å². The molecule has 19 heavy (non-hydrogen) atoms. The lowest BCUT2D eigenvalue weighted by Crippen LogP contribution is -2.25. The van der Waals surface area contributed by atoms with Gasteiger partial charge in [-0.2, -0.15) is 0 Å². The van der Waals surface area contributed by atoms with Crippen LogP contribution in [0.15, 0.2) is 18.2 Å². The van der Waals surface area contributed by atoms with Crippen LogP contribution < -0.4 is 10.1 Å². The number of nitro groups is 1. The van der Waals surface area contributed by atoms with Gasteiger partial charge in [-0.3, -0.25) is 10.1 Å². The van der Waals surface area contributed by atoms with Crippen LogP contribution in [0.2, 0.25) is 0 Å². The Morgan fingerprint density at radius 3 is 2.58 bits per heavy atom. The Morgan fingerprint density at radius 2 is 2.00 bits per heavy atom. The maximum absolute atomic E-state index is 10.8. The molecule has 104 valence electrons. The summed E-state index contributed by atoms with van der Waals surface area (Å²) in [5.41, 5.74) is 0.809. The van der Waals surface area contributed by atoms with Gasteiger partial charge in [-0.1, -0.05) is 6.92 Å². The van der Waals surface area contributed by atoms with E-state index in [-0.39, 0.29) is 10.6 Å². The van der Waals surface area contributed by atoms with Gasteiger partial charge in [0.25, 0.3) is 5.69 Å². The van der Waals surface area contributed by atoms with Gasteiger partial charge in [-0.25, -0.2) is 0 Å². The number of benzene rings is 1. The number of anilines is 1. The molecule has 1 fully saturated rings. The molecule has 1 saturated carbocycles. The molecule has 1 aromatic rings. The Hall–Kier alpha value is -1.78. The Morgan fingerprint density at radius 1 is 1.32 bits per heavy atom. The fraction of sp³-hybridized carbons (Fsp3) is 0.571. The molecule has 0 heterocycles. The van der Waals surface area contributed by atoms with Gasteiger partial charge < -0.3 is 10.1 Å². The average Bonchev–Trinajstić information content (AvgIpc) is 2.41. The van der Waals surface area contributed by atoms with Crippen LogP contribution in [-0.4, -0.2) is 18.1 Å². The summed E-state index contributed by atoms with van der Waals surface area (Å²) in [5, 5.41) is 14.2. The first-order chi connectivity index (χ1) is 9.10. The molecule has 5 nitrogen and oxygen atoms in total. The highest BCUT2D eigenvalue weighted by Crippen LogP contribution is 2.32. The molecule has 0 unspecified atom stereocenters. The van der Waals surface area contributed by atoms with Crippen LogP contribution in [0.3, 0.4) is 0 Å². The zero-order valence-corrected chi connectivity index (χ0v) is 11.4. The monoisotopic (exact) mass is 264 g/mol. The largest absolute Gasteiger partial charge is 0.495 e. The quantitative estimate of drug-likeness (QED) is 0.666. The van der Waals surface area contributed by atoms with Crippen LogP contribution in [0.1, 0.15) is 32.6 Å². The summed E-state index contributed by atoms with van der Waals surface area (Å²) in [5.74, 6) is 1.44. The van der Waals surface area contributed by atoms with Crippen molar-refractivity contribution in [3.63, 3.8) is 0 Å². The molecular weight excluding hydrogens is 244 g/mol. The van der Waals surface area contributed by atoms with E-state index in [4.69, 9.17) is 4.74 Å². The number of hydrogen-bond donors (Lipinski definition) is 1. The summed E-state index contributed by atoms with van der Waals surface area (Å²) < 4.78 is 5.26. The van der Waals surface area contributed by atoms with Crippen LogP contribution in [0.4, 0.5) is 11.4 Å². The Balaban J connectivity index is 2.13. The first-order valence-corrected chi connectivity index (χ1v) is 6.69. The molecule has 0 amide bonds. The zero-order chi connectivity index (χ0) is 13.8. The summed E-state index contributed by atoms with van der Waals surface area (Å²) in [4.78, 5) is 10.4. The van der Waals surface area contributed by atoms with E-state index >= 15 is 0 Å². The lowest BCUT2D eigenvalue weighted by molar-refractivity contribution is -0.384. The Labute approximate surface area is 113 Å². The highest BCUT2D eigenvalue weighted by molar-refractivity contribution is 5.62. The minimum Gasteiger partial charge on any atom is -0.495 e. The van der Waals surface area contributed by atoms with Crippen molar-refractivity contribution in [1.29, 1.82) is 0 Å². The van der Waals surface area contributed by atoms with Gasteiger partial charge in [0.05, 0.1) is 17.7 Å². The third-order valence-electron chi connectivity index (χ3n) is 3.77. The minimum atomic E-state index is -0.381. The molecule has 0 aliphatic heterocycles. The molecule has 1 aromatic carbocycles. The second-order valence-electron chi connectivity index (χ2n) is 5.24. The fourth-order valence-electron chi connectivity index (χ4n) is 2.55. The summed E-state index contributed by atoms with van der Waals surface area (Å²) >= 11 is 0. The van der Waals surface area contributed by atoms with E-state index in [1.807, 2.05) is 0 Å². The summed E-state index contributed by atoms with van der Waals surface area (Å²) in [6.07, 6.45) is 4.61. The molecule has 0 saturated heterocycles. The highest BCUT2D eigenvalue weighted by atomic mass is 16.6. The molecule has 0 aromatic heterocycles. The van der Waals surface area contributed by atoms with Crippen molar-refractivity contribution >= 4 is 11.4 Å². The molecule has 2 rings (SSSR count). The molecular formula is C14H20N2O3. The van der Waals surface area contributed by atoms with E-state index in [1.165, 1.54) is 18.9 Å². The summed E-state index contributed by atoms with van der Waals surface area (Å²) in [6.45, 7) is 2.27. The number of hydrogen-bond acceptors (Lipinski definition) is 4. The van der Waals surface area contributed by atoms with Crippen molar-refractivity contribution in [3.05, 3.63) is 28.3 Å². The minimum absolute atomic E-state index is 0.0903. The number of methoxy groups -OCH3 is 1. The fourth-order valence-corrected chi connectivity index (χ4v) is 2.55. The normalized spacial score (nSPS) is 22.8. The maximum Gasteiger partial charge on any atom is 0.271 e. The number of nitrogens with zero attached hydrogens (tertiary/aromatic N) is 1. The van der Waals surface area contributed by atoms with E-state index in [0.29, 0.717) is 11.8 Å². The van der Waals surface area contributed by atoms with E-state index in [1.54, 1.807) is 19.2 Å². The summed E-state index contributed by atoms with van der Waals surface area (Å²) in [6, 6.07) is 5.04. The van der Waals surface area contributed by atoms with E-state index in [2.05, 4.69) is 12.2 Å². The standard InChI is InChI=1S/C14H20N2O3/c1-10-3-5-11(6-4-10)15-13-9-12(16(17)18)7-8-14(13)19-2/h7-11,15H,3-6H2,1-2H3. The van der Waals surface area contributed by atoms with Crippen molar-refractivity contribution in [2.24, 2.45) is 5.92 Å². The van der Waals surface area contributed by atoms with Crippen molar-refractivity contribution in [2.45, 2.75) is 38.6 Å².